The molecule has 0 aliphatic heterocycles. The molecule has 0 spiro atoms. The van der Waals surface area contributed by atoms with Crippen LogP contribution in [0.2, 0.25) is 0 Å². The van der Waals surface area contributed by atoms with E-state index in [-0.39, 0.29) is 25.0 Å². The van der Waals surface area contributed by atoms with Gasteiger partial charge in [-0.3, -0.25) is 4.79 Å². The van der Waals surface area contributed by atoms with Crippen molar-refractivity contribution in [1.29, 1.82) is 0 Å². The van der Waals surface area contributed by atoms with Crippen molar-refractivity contribution in [3.63, 3.8) is 0 Å². The van der Waals surface area contributed by atoms with Gasteiger partial charge in [-0.2, -0.15) is 13.9 Å². The van der Waals surface area contributed by atoms with Crippen LogP contribution in [0.25, 0.3) is 5.65 Å². The van der Waals surface area contributed by atoms with Gasteiger partial charge >= 0.3 is 0 Å². The van der Waals surface area contributed by atoms with E-state index in [0.29, 0.717) is 12.2 Å². The van der Waals surface area contributed by atoms with E-state index in [9.17, 15) is 22.4 Å². The number of fused-ring (bicyclic) bond motifs is 1. The van der Waals surface area contributed by atoms with Gasteiger partial charge in [0.2, 0.25) is 11.6 Å². The Bertz CT molecular complexity index is 1530. The van der Waals surface area contributed by atoms with Gasteiger partial charge in [-0.1, -0.05) is 18.1 Å². The molecule has 10 nitrogen and oxygen atoms in total. The number of ketones is 1. The lowest BCUT2D eigenvalue weighted by molar-refractivity contribution is -0.125. The summed E-state index contributed by atoms with van der Waals surface area (Å²) in [5.74, 6) is -8.41. The number of hydrogen-bond acceptors (Lipinski definition) is 8. The van der Waals surface area contributed by atoms with Crippen LogP contribution in [0.5, 0.6) is 5.75 Å². The van der Waals surface area contributed by atoms with Crippen molar-refractivity contribution in [2.24, 2.45) is 5.92 Å². The third-order valence-electron chi connectivity index (χ3n) is 7.88. The van der Waals surface area contributed by atoms with Crippen LogP contribution in [0.4, 0.5) is 17.6 Å². The first-order chi connectivity index (χ1) is 20.2. The highest BCUT2D eigenvalue weighted by molar-refractivity contribution is 5.84. The Labute approximate surface area is 239 Å². The van der Waals surface area contributed by atoms with Gasteiger partial charge in [-0.05, 0) is 31.7 Å². The molecule has 0 saturated heterocycles. The second kappa shape index (κ2) is 12.5. The molecule has 1 unspecified atom stereocenters. The first kappa shape index (κ1) is 29.6. The van der Waals surface area contributed by atoms with Crippen LogP contribution in [0.3, 0.4) is 0 Å². The predicted octanol–water partition coefficient (Wildman–Crippen LogP) is 4.30. The van der Waals surface area contributed by atoms with Crippen LogP contribution in [-0.2, 0) is 21.6 Å². The highest BCUT2D eigenvalue weighted by Gasteiger charge is 2.40. The summed E-state index contributed by atoms with van der Waals surface area (Å²) in [4.78, 5) is 17.8. The van der Waals surface area contributed by atoms with E-state index in [1.165, 1.54) is 11.8 Å². The van der Waals surface area contributed by atoms with Crippen molar-refractivity contribution >= 4 is 11.4 Å². The quantitative estimate of drug-likeness (QED) is 0.182. The Morgan fingerprint density at radius 1 is 1.17 bits per heavy atom. The van der Waals surface area contributed by atoms with E-state index >= 15 is 0 Å². The second-order valence-electron chi connectivity index (χ2n) is 10.5. The number of aromatic nitrogens is 6. The fraction of sp³-hybridized carbons (Fsp3) is 0.464. The van der Waals surface area contributed by atoms with E-state index < -0.39 is 53.0 Å². The smallest absolute Gasteiger partial charge is 0.203 e. The summed E-state index contributed by atoms with van der Waals surface area (Å²) in [5.41, 5.74) is 1.54. The normalized spacial score (nSPS) is 16.1. The van der Waals surface area contributed by atoms with Gasteiger partial charge in [0.25, 0.3) is 0 Å². The zero-order chi connectivity index (χ0) is 29.9. The Kier molecular flexibility index (Phi) is 8.82. The molecule has 1 aliphatic rings. The molecule has 1 fully saturated rings. The molecule has 0 amide bonds. The molecular formula is C28H31F4N7O3. The number of halogens is 4. The molecule has 14 heteroatoms. The van der Waals surface area contributed by atoms with E-state index in [2.05, 4.69) is 25.7 Å². The van der Waals surface area contributed by atoms with Gasteiger partial charge in [-0.25, -0.2) is 23.0 Å². The topological polar surface area (TPSA) is 108 Å². The number of nitrogens with one attached hydrogen (secondary N) is 1. The number of carbonyl (C=O) groups excluding carboxylic acids is 1. The van der Waals surface area contributed by atoms with Gasteiger partial charge in [-0.15, -0.1) is 5.10 Å². The molecule has 0 bridgehead atoms. The van der Waals surface area contributed by atoms with Crippen LogP contribution < -0.4 is 10.1 Å². The maximum atomic E-state index is 14.1. The molecule has 42 heavy (non-hydrogen) atoms. The maximum absolute atomic E-state index is 14.1. The molecule has 3 heterocycles. The Morgan fingerprint density at radius 3 is 2.62 bits per heavy atom. The number of methoxy groups -OCH3 is 1. The van der Waals surface area contributed by atoms with Crippen LogP contribution in [0.15, 0.2) is 36.8 Å². The van der Waals surface area contributed by atoms with Crippen molar-refractivity contribution < 1.29 is 31.8 Å². The Balaban J connectivity index is 1.37. The molecule has 224 valence electrons. The number of benzene rings is 1. The molecule has 5 rings (SSSR count). The van der Waals surface area contributed by atoms with Crippen LogP contribution in [0.1, 0.15) is 56.5 Å². The highest BCUT2D eigenvalue weighted by atomic mass is 19.2. The standard InChI is InChI=1S/C28H31F4N7O3/c1-28(17-5-3-4-6-17,33-14-18-8-11-38-24(35-18)7-10-34-38)23-15-39(37-36-23)21(9-12-41-2)22(40)16-42-27-25(31)19(29)13-20(30)26(27)32/h7-8,10-11,13,15,17,21,33H,3-6,9,12,14,16H2,1-2H3/t21?,28-/m0/s1. The van der Waals surface area contributed by atoms with Crippen LogP contribution >= 0.6 is 0 Å². The van der Waals surface area contributed by atoms with E-state index in [4.69, 9.17) is 9.47 Å². The molecule has 1 aromatic carbocycles. The minimum absolute atomic E-state index is 0.0687. The van der Waals surface area contributed by atoms with E-state index in [1.807, 2.05) is 25.3 Å². The summed E-state index contributed by atoms with van der Waals surface area (Å²) < 4.78 is 68.5. The molecule has 4 aromatic rings. The average Bonchev–Trinajstić information content (AvgIpc) is 3.77. The van der Waals surface area contributed by atoms with Gasteiger partial charge in [0.05, 0.1) is 23.6 Å². The van der Waals surface area contributed by atoms with Gasteiger partial charge in [0.15, 0.2) is 28.8 Å². The number of rotatable bonds is 13. The molecule has 2 atom stereocenters. The van der Waals surface area contributed by atoms with Crippen molar-refractivity contribution in [1.82, 2.24) is 34.9 Å². The third-order valence-corrected chi connectivity index (χ3v) is 7.88. The van der Waals surface area contributed by atoms with E-state index in [0.717, 1.165) is 37.0 Å². The summed E-state index contributed by atoms with van der Waals surface area (Å²) in [5, 5.41) is 16.5. The Morgan fingerprint density at radius 2 is 1.90 bits per heavy atom. The minimum Gasteiger partial charge on any atom is -0.479 e. The second-order valence-corrected chi connectivity index (χ2v) is 10.5. The van der Waals surface area contributed by atoms with Gasteiger partial charge < -0.3 is 14.8 Å². The molecule has 1 saturated carbocycles. The van der Waals surface area contributed by atoms with Crippen molar-refractivity contribution in [2.75, 3.05) is 20.3 Å². The Hall–Kier alpha value is -3.91. The number of Topliss-reactive ketones (excluding diaryl/α,β-unsaturated/α-hetero) is 1. The maximum Gasteiger partial charge on any atom is 0.203 e. The van der Waals surface area contributed by atoms with Crippen molar-refractivity contribution in [3.8, 4) is 5.75 Å². The van der Waals surface area contributed by atoms with E-state index in [1.54, 1.807) is 16.9 Å². The summed E-state index contributed by atoms with van der Waals surface area (Å²) in [6.45, 7) is 1.79. The van der Waals surface area contributed by atoms with Crippen LogP contribution in [-0.4, -0.2) is 55.7 Å². The molecule has 3 aromatic heterocycles. The van der Waals surface area contributed by atoms with Gasteiger partial charge in [0.1, 0.15) is 18.3 Å². The number of ether oxygens (including phenoxy) is 2. The fourth-order valence-corrected chi connectivity index (χ4v) is 5.43. The fourth-order valence-electron chi connectivity index (χ4n) is 5.43. The van der Waals surface area contributed by atoms with Crippen molar-refractivity contribution in [2.45, 2.75) is 57.2 Å². The van der Waals surface area contributed by atoms with Gasteiger partial charge in [0, 0.05) is 45.0 Å². The summed E-state index contributed by atoms with van der Waals surface area (Å²) in [6, 6.07) is 2.79. The molecular weight excluding hydrogens is 558 g/mol. The molecule has 0 radical (unpaired) electrons. The molecule has 1 N–H and O–H groups in total. The minimum atomic E-state index is -1.72. The summed E-state index contributed by atoms with van der Waals surface area (Å²) >= 11 is 0. The zero-order valence-corrected chi connectivity index (χ0v) is 23.2. The first-order valence-electron chi connectivity index (χ1n) is 13.6. The van der Waals surface area contributed by atoms with Crippen LogP contribution in [0, 0.1) is 29.2 Å². The average molecular weight is 590 g/mol. The number of nitrogens with zero attached hydrogens (tertiary/aromatic N) is 6. The first-order valence-corrected chi connectivity index (χ1v) is 13.6. The lowest BCUT2D eigenvalue weighted by Crippen LogP contribution is -2.45. The number of hydrogen-bond donors (Lipinski definition) is 1. The monoisotopic (exact) mass is 589 g/mol. The largest absolute Gasteiger partial charge is 0.479 e. The summed E-state index contributed by atoms with van der Waals surface area (Å²) in [6.07, 6.45) is 9.45. The molecule has 1 aliphatic carbocycles. The highest BCUT2D eigenvalue weighted by Crippen LogP contribution is 2.40. The lowest BCUT2D eigenvalue weighted by Gasteiger charge is -2.35. The summed E-state index contributed by atoms with van der Waals surface area (Å²) in [7, 11) is 1.46. The SMILES string of the molecule is COCCC(C(=O)COc1c(F)c(F)cc(F)c1F)n1cc([C@@](C)(NCc2ccn3nccc3n2)C2CCCC2)nn1. The predicted molar refractivity (Wildman–Crippen MR) is 141 cm³/mol. The van der Waals surface area contributed by atoms with Crippen molar-refractivity contribution in [3.05, 3.63) is 71.4 Å². The third kappa shape index (κ3) is 6.00. The lowest BCUT2D eigenvalue weighted by atomic mass is 9.81. The number of carbonyl (C=O) groups is 1. The zero-order valence-electron chi connectivity index (χ0n) is 23.2.